The maximum absolute atomic E-state index is 13.0. The van der Waals surface area contributed by atoms with E-state index in [1.807, 2.05) is 19.1 Å². The van der Waals surface area contributed by atoms with Crippen molar-refractivity contribution in [1.82, 2.24) is 0 Å². The van der Waals surface area contributed by atoms with Gasteiger partial charge in [-0.2, -0.15) is 0 Å². The van der Waals surface area contributed by atoms with E-state index in [2.05, 4.69) is 22.9 Å². The number of likely N-dealkylation sites (tertiary alicyclic amines) is 1. The van der Waals surface area contributed by atoms with Gasteiger partial charge in [-0.15, -0.1) is 0 Å². The fraction of sp³-hybridized carbons (Fsp3) is 0.562. The Labute approximate surface area is 128 Å². The van der Waals surface area contributed by atoms with Crippen molar-refractivity contribution in [2.24, 2.45) is 0 Å². The number of halogens is 1. The van der Waals surface area contributed by atoms with E-state index in [1.165, 1.54) is 24.2 Å². The molecule has 20 heavy (non-hydrogen) atoms. The Morgan fingerprint density at radius 2 is 1.95 bits per heavy atom. The van der Waals surface area contributed by atoms with Gasteiger partial charge in [0, 0.05) is 11.4 Å². The van der Waals surface area contributed by atoms with Gasteiger partial charge in [0.2, 0.25) is 5.78 Å². The number of carbonyl (C=O) groups excluding carboxylic acids is 1. The van der Waals surface area contributed by atoms with Crippen LogP contribution in [0.3, 0.4) is 0 Å². The smallest absolute Gasteiger partial charge is 0.230 e. The van der Waals surface area contributed by atoms with Gasteiger partial charge in [0.25, 0.3) is 0 Å². The third-order valence-corrected chi connectivity index (χ3v) is 5.61. The lowest BCUT2D eigenvalue weighted by molar-refractivity contribution is -0.944. The lowest BCUT2D eigenvalue weighted by atomic mass is 9.85. The van der Waals surface area contributed by atoms with Crippen LogP contribution >= 0.6 is 15.9 Å². The summed E-state index contributed by atoms with van der Waals surface area (Å²) in [6, 6.07) is 3.89. The summed E-state index contributed by atoms with van der Waals surface area (Å²) in [7, 11) is 0. The van der Waals surface area contributed by atoms with Crippen LogP contribution in [0.15, 0.2) is 16.6 Å². The fourth-order valence-electron chi connectivity index (χ4n) is 3.33. The van der Waals surface area contributed by atoms with E-state index in [4.69, 9.17) is 4.74 Å². The Balaban J connectivity index is 1.97. The van der Waals surface area contributed by atoms with E-state index in [9.17, 15) is 4.79 Å². The number of quaternary nitrogens is 1. The third kappa shape index (κ3) is 2.19. The average Bonchev–Trinajstić information content (AvgIpc) is 2.46. The van der Waals surface area contributed by atoms with Gasteiger partial charge in [0.15, 0.2) is 12.1 Å². The maximum atomic E-state index is 13.0. The van der Waals surface area contributed by atoms with E-state index in [0.29, 0.717) is 6.61 Å². The number of Topliss-reactive ketones (excluding diaryl/α,β-unsaturated/α-hetero) is 1. The van der Waals surface area contributed by atoms with Gasteiger partial charge in [-0.3, -0.25) is 4.79 Å². The van der Waals surface area contributed by atoms with Crippen molar-refractivity contribution in [3.63, 3.8) is 0 Å². The zero-order valence-electron chi connectivity index (χ0n) is 12.1. The van der Waals surface area contributed by atoms with Crippen LogP contribution in [0.1, 0.15) is 42.1 Å². The minimum Gasteiger partial charge on any atom is -0.486 e. The Morgan fingerprint density at radius 3 is 2.65 bits per heavy atom. The van der Waals surface area contributed by atoms with Gasteiger partial charge in [0.1, 0.15) is 5.75 Å². The molecule has 1 atom stereocenters. The number of carbonyl (C=O) groups is 1. The molecule has 1 aromatic carbocycles. The number of nitrogens with one attached hydrogen (secondary N) is 1. The molecule has 0 aromatic heterocycles. The van der Waals surface area contributed by atoms with E-state index in [1.54, 1.807) is 0 Å². The molecule has 3 rings (SSSR count). The summed E-state index contributed by atoms with van der Waals surface area (Å²) in [6.07, 6.45) is 3.71. The molecule has 1 saturated heterocycles. The van der Waals surface area contributed by atoms with Crippen LogP contribution in [0, 0.1) is 6.92 Å². The number of hydrogen-bond donors (Lipinski definition) is 1. The molecule has 2 aliphatic heterocycles. The molecule has 2 aliphatic rings. The highest BCUT2D eigenvalue weighted by molar-refractivity contribution is 9.10. The molecule has 0 spiro atoms. The minimum absolute atomic E-state index is 0.233. The van der Waals surface area contributed by atoms with E-state index >= 15 is 0 Å². The van der Waals surface area contributed by atoms with Crippen LogP contribution in [0.25, 0.3) is 0 Å². The summed E-state index contributed by atoms with van der Waals surface area (Å²) < 4.78 is 6.91. The highest BCUT2D eigenvalue weighted by atomic mass is 79.9. The Morgan fingerprint density at radius 1 is 1.25 bits per heavy atom. The molecule has 108 valence electrons. The highest BCUT2D eigenvalue weighted by Crippen LogP contribution is 2.33. The third-order valence-electron chi connectivity index (χ3n) is 4.76. The minimum atomic E-state index is -0.428. The van der Waals surface area contributed by atoms with Crippen LogP contribution in [-0.2, 0) is 0 Å². The maximum Gasteiger partial charge on any atom is 0.230 e. The van der Waals surface area contributed by atoms with E-state index in [0.717, 1.165) is 34.4 Å². The second-order valence-corrected chi connectivity index (χ2v) is 7.07. The summed E-state index contributed by atoms with van der Waals surface area (Å²) in [5.41, 5.74) is 1.40. The second-order valence-electron chi connectivity index (χ2n) is 6.21. The highest BCUT2D eigenvalue weighted by Gasteiger charge is 2.48. The number of rotatable bonds is 1. The zero-order valence-corrected chi connectivity index (χ0v) is 13.7. The number of benzene rings is 1. The Kier molecular flexibility index (Phi) is 3.63. The van der Waals surface area contributed by atoms with Gasteiger partial charge in [-0.1, -0.05) is 15.9 Å². The number of aryl methyl sites for hydroxylation is 1. The predicted molar refractivity (Wildman–Crippen MR) is 81.7 cm³/mol. The largest absolute Gasteiger partial charge is 0.486 e. The lowest BCUT2D eigenvalue weighted by Crippen LogP contribution is -3.22. The number of ether oxygens (including phenoxy) is 1. The second kappa shape index (κ2) is 5.15. The number of ketones is 1. The predicted octanol–water partition coefficient (Wildman–Crippen LogP) is 2.16. The first kappa shape index (κ1) is 14.1. The quantitative estimate of drug-likeness (QED) is 0.850. The van der Waals surface area contributed by atoms with Crippen LogP contribution in [0.2, 0.25) is 0 Å². The molecule has 0 amide bonds. The average molecular weight is 339 g/mol. The van der Waals surface area contributed by atoms with Crippen molar-refractivity contribution in [2.75, 3.05) is 19.7 Å². The summed E-state index contributed by atoms with van der Waals surface area (Å²) in [6.45, 7) is 6.73. The van der Waals surface area contributed by atoms with E-state index in [-0.39, 0.29) is 5.78 Å². The van der Waals surface area contributed by atoms with Gasteiger partial charge in [-0.25, -0.2) is 0 Å². The number of piperidine rings is 1. The first-order valence-electron chi connectivity index (χ1n) is 7.35. The number of hydrogen-bond acceptors (Lipinski definition) is 2. The first-order valence-corrected chi connectivity index (χ1v) is 8.14. The van der Waals surface area contributed by atoms with Gasteiger partial charge in [0.05, 0.1) is 18.7 Å². The zero-order chi connectivity index (χ0) is 14.3. The monoisotopic (exact) mass is 338 g/mol. The molecular weight excluding hydrogens is 318 g/mol. The summed E-state index contributed by atoms with van der Waals surface area (Å²) in [5, 5.41) is 0. The lowest BCUT2D eigenvalue weighted by Gasteiger charge is -2.41. The van der Waals surface area contributed by atoms with Crippen molar-refractivity contribution in [3.8, 4) is 5.75 Å². The van der Waals surface area contributed by atoms with Crippen LogP contribution in [0.4, 0.5) is 0 Å². The van der Waals surface area contributed by atoms with Gasteiger partial charge >= 0.3 is 0 Å². The SMILES string of the molecule is Cc1cc2c(cc1Br)C(=O)C(C)([NH+]1CCCCC1)CO2. The molecule has 3 nitrogen and oxygen atoms in total. The molecule has 2 heterocycles. The molecule has 0 saturated carbocycles. The number of fused-ring (bicyclic) bond motifs is 1. The van der Waals surface area contributed by atoms with Crippen LogP contribution < -0.4 is 9.64 Å². The Bertz CT molecular complexity index is 552. The molecule has 0 aliphatic carbocycles. The Hall–Kier alpha value is -0.870. The van der Waals surface area contributed by atoms with Crippen LogP contribution in [-0.4, -0.2) is 31.0 Å². The van der Waals surface area contributed by atoms with Crippen molar-refractivity contribution in [3.05, 3.63) is 27.7 Å². The molecular formula is C16H21BrNO2+. The first-order chi connectivity index (χ1) is 9.52. The molecule has 1 unspecified atom stereocenters. The van der Waals surface area contributed by atoms with Crippen molar-refractivity contribution in [2.45, 2.75) is 38.6 Å². The summed E-state index contributed by atoms with van der Waals surface area (Å²) >= 11 is 3.52. The van der Waals surface area contributed by atoms with Crippen molar-refractivity contribution >= 4 is 21.7 Å². The molecule has 0 radical (unpaired) electrons. The van der Waals surface area contributed by atoms with Gasteiger partial charge in [-0.05, 0) is 43.9 Å². The summed E-state index contributed by atoms with van der Waals surface area (Å²) in [5.74, 6) is 0.973. The van der Waals surface area contributed by atoms with Crippen molar-refractivity contribution in [1.29, 1.82) is 0 Å². The molecule has 4 heteroatoms. The molecule has 1 fully saturated rings. The molecule has 0 bridgehead atoms. The topological polar surface area (TPSA) is 30.7 Å². The van der Waals surface area contributed by atoms with Crippen LogP contribution in [0.5, 0.6) is 5.75 Å². The van der Waals surface area contributed by atoms with Gasteiger partial charge < -0.3 is 9.64 Å². The normalized spacial score (nSPS) is 27.1. The molecule has 1 N–H and O–H groups in total. The molecule has 1 aromatic rings. The standard InChI is InChI=1S/C16H20BrNO2/c1-11-8-14-12(9-13(11)17)15(19)16(2,10-20-14)18-6-4-3-5-7-18/h8-9H,3-7,10H2,1-2H3/p+1. The van der Waals surface area contributed by atoms with Crippen molar-refractivity contribution < 1.29 is 14.4 Å². The summed E-state index contributed by atoms with van der Waals surface area (Å²) in [4.78, 5) is 14.4. The fourth-order valence-corrected chi connectivity index (χ4v) is 3.67. The van der Waals surface area contributed by atoms with E-state index < -0.39 is 5.54 Å².